The van der Waals surface area contributed by atoms with Gasteiger partial charge in [0.1, 0.15) is 16.0 Å². The van der Waals surface area contributed by atoms with Gasteiger partial charge >= 0.3 is 6.09 Å². The van der Waals surface area contributed by atoms with E-state index in [1.165, 1.54) is 11.8 Å². The molecule has 3 heterocycles. The highest BCUT2D eigenvalue weighted by Gasteiger charge is 2.53. The van der Waals surface area contributed by atoms with Crippen LogP contribution in [-0.2, 0) is 15.1 Å². The number of fused-ring (bicyclic) bond motifs is 1. The number of hydrogen-bond donors (Lipinski definition) is 0. The molecule has 2 aromatic rings. The number of carbonyl (C=O) groups excluding carboxylic acids is 2. The highest BCUT2D eigenvalue weighted by molar-refractivity contribution is 8.18. The summed E-state index contributed by atoms with van der Waals surface area (Å²) in [4.78, 5) is 39.1. The van der Waals surface area contributed by atoms with Gasteiger partial charge in [-0.25, -0.2) is 9.79 Å². The number of hydrogen-bond acceptors (Lipinski definition) is 6. The summed E-state index contributed by atoms with van der Waals surface area (Å²) in [7, 11) is 0. The first-order valence-electron chi connectivity index (χ1n) is 15.3. The van der Waals surface area contributed by atoms with E-state index in [-0.39, 0.29) is 30.0 Å². The summed E-state index contributed by atoms with van der Waals surface area (Å²) < 4.78 is 5.58. The average molecular weight is 658 g/mol. The maximum atomic E-state index is 14.4. The molecule has 1 fully saturated rings. The standard InChI is InChI=1S/C34H42Cl2N4O3S/c1-8-39(26-17-19-38(20-18-26)32(42)43-33(4,5)6)30(41)28-27(21(2)3)40-29(22-9-13-24(35)14-10-22)34(7,37-31(40)44-28)23-11-15-25(36)16-12-23/h9-16,21,26,29H,8,17-20H2,1-7H3/t29-,34+/m1/s1. The van der Waals surface area contributed by atoms with Gasteiger partial charge in [-0.2, -0.15) is 0 Å². The fraction of sp³-hybridized carbons (Fsp3) is 0.500. The van der Waals surface area contributed by atoms with Crippen LogP contribution in [0.4, 0.5) is 4.79 Å². The molecule has 0 N–H and O–H groups in total. The van der Waals surface area contributed by atoms with Crippen molar-refractivity contribution < 1.29 is 14.3 Å². The summed E-state index contributed by atoms with van der Waals surface area (Å²) in [5, 5.41) is 2.17. The van der Waals surface area contributed by atoms with Crippen LogP contribution in [0.1, 0.15) is 78.5 Å². The maximum Gasteiger partial charge on any atom is 0.410 e. The van der Waals surface area contributed by atoms with Crippen molar-refractivity contribution in [2.75, 3.05) is 19.6 Å². The predicted molar refractivity (Wildman–Crippen MR) is 180 cm³/mol. The van der Waals surface area contributed by atoms with Crippen molar-refractivity contribution in [3.05, 3.63) is 80.3 Å². The molecule has 2 atom stereocenters. The molecule has 2 aromatic carbocycles. The van der Waals surface area contributed by atoms with Crippen LogP contribution in [0.5, 0.6) is 0 Å². The number of nitrogens with zero attached hydrogens (tertiary/aromatic N) is 4. The van der Waals surface area contributed by atoms with E-state index in [1.807, 2.05) is 69.0 Å². The van der Waals surface area contributed by atoms with Crippen molar-refractivity contribution in [1.29, 1.82) is 0 Å². The lowest BCUT2D eigenvalue weighted by atomic mass is 9.81. The Bertz CT molecular complexity index is 1460. The minimum Gasteiger partial charge on any atom is -0.444 e. The first-order chi connectivity index (χ1) is 20.7. The van der Waals surface area contributed by atoms with Crippen molar-refractivity contribution in [2.24, 2.45) is 10.9 Å². The number of likely N-dealkylation sites (tertiary alicyclic amines) is 1. The molecule has 0 saturated carbocycles. The van der Waals surface area contributed by atoms with Crippen molar-refractivity contribution in [1.82, 2.24) is 14.7 Å². The number of thioether (sulfide) groups is 1. The third kappa shape index (κ3) is 6.35. The minimum absolute atomic E-state index is 0.0251. The first-order valence-corrected chi connectivity index (χ1v) is 16.9. The van der Waals surface area contributed by atoms with Crippen LogP contribution >= 0.6 is 35.0 Å². The smallest absolute Gasteiger partial charge is 0.410 e. The number of rotatable bonds is 6. The molecule has 0 unspecified atom stereocenters. The van der Waals surface area contributed by atoms with Gasteiger partial charge < -0.3 is 19.4 Å². The van der Waals surface area contributed by atoms with Gasteiger partial charge in [-0.3, -0.25) is 4.79 Å². The molecule has 0 bridgehead atoms. The molecule has 0 radical (unpaired) electrons. The summed E-state index contributed by atoms with van der Waals surface area (Å²) in [5.41, 5.74) is 1.95. The normalized spacial score (nSPS) is 22.4. The minimum atomic E-state index is -0.617. The summed E-state index contributed by atoms with van der Waals surface area (Å²) in [6.45, 7) is 15.8. The van der Waals surface area contributed by atoms with Crippen molar-refractivity contribution >= 4 is 52.1 Å². The van der Waals surface area contributed by atoms with Crippen LogP contribution < -0.4 is 0 Å². The van der Waals surface area contributed by atoms with Crippen molar-refractivity contribution in [3.63, 3.8) is 0 Å². The Morgan fingerprint density at radius 1 is 1.05 bits per heavy atom. The van der Waals surface area contributed by atoms with Gasteiger partial charge in [-0.05, 0) is 101 Å². The van der Waals surface area contributed by atoms with Crippen LogP contribution in [0.2, 0.25) is 10.0 Å². The summed E-state index contributed by atoms with van der Waals surface area (Å²) in [6.07, 6.45) is 1.12. The van der Waals surface area contributed by atoms with Gasteiger partial charge in [-0.1, -0.05) is 61.3 Å². The molecule has 7 nitrogen and oxygen atoms in total. The van der Waals surface area contributed by atoms with Crippen LogP contribution in [0.15, 0.2) is 64.1 Å². The highest BCUT2D eigenvalue weighted by Crippen LogP contribution is 2.56. The highest BCUT2D eigenvalue weighted by atomic mass is 35.5. The number of benzene rings is 2. The summed E-state index contributed by atoms with van der Waals surface area (Å²) in [6, 6.07) is 15.7. The fourth-order valence-corrected chi connectivity index (χ4v) is 8.06. The number of carbonyl (C=O) groups is 2. The Kier molecular flexibility index (Phi) is 9.37. The predicted octanol–water partition coefficient (Wildman–Crippen LogP) is 8.48. The van der Waals surface area contributed by atoms with Gasteiger partial charge in [0.15, 0.2) is 5.17 Å². The Morgan fingerprint density at radius 2 is 1.61 bits per heavy atom. The molecule has 3 aliphatic rings. The fourth-order valence-electron chi connectivity index (χ4n) is 6.45. The molecular weight excluding hydrogens is 615 g/mol. The number of aliphatic imine (C=N–C) groups is 1. The average Bonchev–Trinajstić information content (AvgIpc) is 3.46. The van der Waals surface area contributed by atoms with E-state index in [0.29, 0.717) is 42.5 Å². The molecule has 10 heteroatoms. The molecule has 3 aliphatic heterocycles. The van der Waals surface area contributed by atoms with Gasteiger partial charge in [0.25, 0.3) is 5.91 Å². The van der Waals surface area contributed by atoms with Gasteiger partial charge in [0.2, 0.25) is 0 Å². The number of allylic oxidation sites excluding steroid dienone is 1. The van der Waals surface area contributed by atoms with E-state index in [2.05, 4.69) is 37.8 Å². The van der Waals surface area contributed by atoms with Crippen LogP contribution in [0.25, 0.3) is 0 Å². The van der Waals surface area contributed by atoms with E-state index in [4.69, 9.17) is 32.9 Å². The number of piperidine rings is 1. The number of ether oxygens (including phenoxy) is 1. The Labute approximate surface area is 275 Å². The zero-order valence-electron chi connectivity index (χ0n) is 26.6. The number of likely N-dealkylation sites (N-methyl/N-ethyl adjacent to an activating group) is 1. The number of halogens is 2. The van der Waals surface area contributed by atoms with Crippen LogP contribution in [0.3, 0.4) is 0 Å². The van der Waals surface area contributed by atoms with Gasteiger partial charge in [0, 0.05) is 41.4 Å². The lowest BCUT2D eigenvalue weighted by Crippen LogP contribution is -2.49. The second kappa shape index (κ2) is 12.6. The zero-order valence-corrected chi connectivity index (χ0v) is 28.9. The molecule has 0 aromatic heterocycles. The third-order valence-corrected chi connectivity index (χ3v) is 10.1. The molecule has 236 valence electrons. The lowest BCUT2D eigenvalue weighted by molar-refractivity contribution is -0.129. The van der Waals surface area contributed by atoms with E-state index >= 15 is 0 Å². The Hall–Kier alpha value is -2.68. The van der Waals surface area contributed by atoms with Crippen molar-refractivity contribution in [3.8, 4) is 0 Å². The largest absolute Gasteiger partial charge is 0.444 e. The number of amides is 2. The Balaban J connectivity index is 1.46. The molecule has 0 aliphatic carbocycles. The van der Waals surface area contributed by atoms with E-state index in [0.717, 1.165) is 26.9 Å². The first kappa shape index (κ1) is 32.7. The molecule has 1 saturated heterocycles. The Morgan fingerprint density at radius 3 is 2.14 bits per heavy atom. The van der Waals surface area contributed by atoms with E-state index in [1.54, 1.807) is 4.90 Å². The molecular formula is C34H42Cl2N4O3S. The van der Waals surface area contributed by atoms with E-state index < -0.39 is 11.1 Å². The molecule has 0 spiro atoms. The molecule has 2 amide bonds. The topological polar surface area (TPSA) is 65.5 Å². The van der Waals surface area contributed by atoms with Crippen molar-refractivity contribution in [2.45, 2.75) is 84.5 Å². The molecule has 5 rings (SSSR count). The number of amidine groups is 1. The SMILES string of the molecule is CCN(C(=O)C1=C(C(C)C)N2C(=N[C@@](C)(c3ccc(Cl)cc3)[C@H]2c2ccc(Cl)cc2)S1)C1CCN(C(=O)OC(C)(C)C)CC1. The molecule has 44 heavy (non-hydrogen) atoms. The summed E-state index contributed by atoms with van der Waals surface area (Å²) >= 11 is 14.0. The third-order valence-electron chi connectivity index (χ3n) is 8.52. The van der Waals surface area contributed by atoms with Gasteiger partial charge in [-0.15, -0.1) is 0 Å². The quantitative estimate of drug-likeness (QED) is 0.312. The maximum absolute atomic E-state index is 14.4. The van der Waals surface area contributed by atoms with Crippen LogP contribution in [0, 0.1) is 5.92 Å². The summed E-state index contributed by atoms with van der Waals surface area (Å²) in [5.74, 6) is 0.0984. The monoisotopic (exact) mass is 656 g/mol. The zero-order chi connectivity index (χ0) is 32.0. The van der Waals surface area contributed by atoms with Crippen LogP contribution in [-0.4, -0.2) is 63.1 Å². The second-order valence-corrected chi connectivity index (χ2v) is 15.0. The second-order valence-electron chi connectivity index (χ2n) is 13.1. The lowest BCUT2D eigenvalue weighted by Gasteiger charge is -2.39. The van der Waals surface area contributed by atoms with Gasteiger partial charge in [0.05, 0.1) is 6.04 Å². The van der Waals surface area contributed by atoms with E-state index in [9.17, 15) is 9.59 Å².